The number of halogens is 1. The number of piperazine rings is 1. The number of hydrogen-bond acceptors (Lipinski definition) is 9. The molecule has 0 saturated carbocycles. The summed E-state index contributed by atoms with van der Waals surface area (Å²) in [5.74, 6) is 0.739. The van der Waals surface area contributed by atoms with Crippen molar-refractivity contribution in [1.82, 2.24) is 24.7 Å². The zero-order chi connectivity index (χ0) is 31.4. The first-order chi connectivity index (χ1) is 21.1. The molecule has 1 aromatic carbocycles. The maximum atomic E-state index is 14.0. The smallest absolute Gasteiger partial charge is 0.318 e. The summed E-state index contributed by atoms with van der Waals surface area (Å²) in [6.07, 6.45) is 4.05. The number of ether oxygens (including phenoxy) is 1. The van der Waals surface area contributed by atoms with E-state index in [1.807, 2.05) is 41.9 Å². The number of hydrogen-bond donors (Lipinski definition) is 0. The molecule has 0 spiro atoms. The minimum Gasteiger partial charge on any atom is -0.462 e. The van der Waals surface area contributed by atoms with Crippen molar-refractivity contribution in [1.29, 1.82) is 5.26 Å². The van der Waals surface area contributed by atoms with Crippen molar-refractivity contribution in [2.24, 2.45) is 0 Å². The summed E-state index contributed by atoms with van der Waals surface area (Å²) >= 11 is 0. The quantitative estimate of drug-likeness (QED) is 0.401. The minimum absolute atomic E-state index is 0.0327. The Hall–Kier alpha value is -3.75. The number of carbonyl (C=O) groups excluding carboxylic acids is 1. The molecule has 1 aromatic heterocycles. The number of benzene rings is 1. The molecule has 2 aromatic rings. The number of alkyl halides is 1. The van der Waals surface area contributed by atoms with Gasteiger partial charge in [0.15, 0.2) is 0 Å². The van der Waals surface area contributed by atoms with Gasteiger partial charge in [0.05, 0.1) is 30.8 Å². The SMILES string of the molecule is Cc1cccc(N2CCc3c(nc(OC[C@@H]4C[C@@H](F)CN4C)nc3N3CCN(C(=O)/C=C/CN(C)C)[C@@H](CC#N)C3)C2)c1C. The molecule has 3 aliphatic rings. The molecular weight excluding hydrogens is 559 g/mol. The number of fused-ring (bicyclic) bond motifs is 1. The van der Waals surface area contributed by atoms with Crippen LogP contribution >= 0.6 is 0 Å². The second-order valence-corrected chi connectivity index (χ2v) is 12.5. The molecule has 44 heavy (non-hydrogen) atoms. The van der Waals surface area contributed by atoms with Crippen molar-refractivity contribution < 1.29 is 13.9 Å². The zero-order valence-corrected chi connectivity index (χ0v) is 26.7. The molecule has 2 saturated heterocycles. The predicted molar refractivity (Wildman–Crippen MR) is 170 cm³/mol. The Morgan fingerprint density at radius 3 is 2.70 bits per heavy atom. The molecule has 10 nitrogen and oxygen atoms in total. The van der Waals surface area contributed by atoms with E-state index in [-0.39, 0.29) is 24.4 Å². The van der Waals surface area contributed by atoms with Crippen molar-refractivity contribution in [3.8, 4) is 12.1 Å². The monoisotopic (exact) mass is 604 g/mol. The lowest BCUT2D eigenvalue weighted by molar-refractivity contribution is -0.128. The number of carbonyl (C=O) groups is 1. The summed E-state index contributed by atoms with van der Waals surface area (Å²) in [6.45, 7) is 8.71. The molecule has 5 rings (SSSR count). The molecule has 0 bridgehead atoms. The van der Waals surface area contributed by atoms with Gasteiger partial charge in [-0.3, -0.25) is 9.69 Å². The highest BCUT2D eigenvalue weighted by molar-refractivity contribution is 5.88. The standard InChI is InChI=1S/C33H45FN8O2/c1-23-8-6-9-30(24(23)2)40-15-12-28-29(21-40)36-33(44-22-27-18-25(34)19-39(27)5)37-32(28)41-16-17-42(26(20-41)11-13-35)31(43)10-7-14-38(3)4/h6-10,25-27H,11-12,14-22H2,1-5H3/b10-7+/t25-,26+,27+/m1/s1. The molecule has 0 N–H and O–H groups in total. The highest BCUT2D eigenvalue weighted by Gasteiger charge is 2.34. The number of likely N-dealkylation sites (N-methyl/N-ethyl adjacent to an activating group) is 2. The third-order valence-electron chi connectivity index (χ3n) is 9.10. The van der Waals surface area contributed by atoms with Crippen LogP contribution < -0.4 is 14.5 Å². The Labute approximate surface area is 260 Å². The number of nitriles is 1. The number of rotatable bonds is 9. The lowest BCUT2D eigenvalue weighted by Crippen LogP contribution is -2.55. The van der Waals surface area contributed by atoms with Gasteiger partial charge < -0.3 is 24.3 Å². The topological polar surface area (TPSA) is 92.1 Å². The summed E-state index contributed by atoms with van der Waals surface area (Å²) in [7, 11) is 5.83. The number of anilines is 2. The molecule has 3 atom stereocenters. The van der Waals surface area contributed by atoms with E-state index in [1.165, 1.54) is 16.8 Å². The van der Waals surface area contributed by atoms with Gasteiger partial charge in [-0.2, -0.15) is 15.2 Å². The second-order valence-electron chi connectivity index (χ2n) is 12.5. The number of aryl methyl sites for hydroxylation is 1. The van der Waals surface area contributed by atoms with Crippen LogP contribution in [0.4, 0.5) is 15.9 Å². The lowest BCUT2D eigenvalue weighted by Gasteiger charge is -2.42. The molecule has 2 fully saturated rings. The van der Waals surface area contributed by atoms with Crippen molar-refractivity contribution in [2.75, 3.05) is 76.8 Å². The second kappa shape index (κ2) is 13.9. The summed E-state index contributed by atoms with van der Waals surface area (Å²) in [6, 6.07) is 8.66. The fourth-order valence-corrected chi connectivity index (χ4v) is 6.45. The van der Waals surface area contributed by atoms with Crippen LogP contribution in [0.15, 0.2) is 30.4 Å². The minimum atomic E-state index is -0.853. The highest BCUT2D eigenvalue weighted by Crippen LogP contribution is 2.34. The summed E-state index contributed by atoms with van der Waals surface area (Å²) in [5.41, 5.74) is 5.71. The van der Waals surface area contributed by atoms with Gasteiger partial charge in [0.25, 0.3) is 0 Å². The molecular formula is C33H45FN8O2. The lowest BCUT2D eigenvalue weighted by atomic mass is 10.0. The molecule has 11 heteroatoms. The maximum absolute atomic E-state index is 14.0. The van der Waals surface area contributed by atoms with E-state index in [0.717, 1.165) is 30.0 Å². The van der Waals surface area contributed by atoms with Crippen molar-refractivity contribution in [2.45, 2.75) is 57.9 Å². The number of amides is 1. The normalized spacial score (nSPS) is 22.5. The van der Waals surface area contributed by atoms with Crippen LogP contribution in [0.2, 0.25) is 0 Å². The van der Waals surface area contributed by atoms with Gasteiger partial charge in [0.2, 0.25) is 5.91 Å². The van der Waals surface area contributed by atoms with E-state index in [2.05, 4.69) is 47.9 Å². The van der Waals surface area contributed by atoms with Crippen LogP contribution in [0.3, 0.4) is 0 Å². The van der Waals surface area contributed by atoms with Crippen LogP contribution in [0.25, 0.3) is 0 Å². The Morgan fingerprint density at radius 1 is 1.16 bits per heavy atom. The maximum Gasteiger partial charge on any atom is 0.318 e. The van der Waals surface area contributed by atoms with Crippen molar-refractivity contribution in [3.63, 3.8) is 0 Å². The Bertz CT molecular complexity index is 1410. The van der Waals surface area contributed by atoms with E-state index in [1.54, 1.807) is 6.08 Å². The number of nitrogens with zero attached hydrogens (tertiary/aromatic N) is 8. The third-order valence-corrected chi connectivity index (χ3v) is 9.10. The summed E-state index contributed by atoms with van der Waals surface area (Å²) in [4.78, 5) is 33.3. The van der Waals surface area contributed by atoms with Gasteiger partial charge in [0.1, 0.15) is 18.6 Å². The van der Waals surface area contributed by atoms with Gasteiger partial charge in [0, 0.05) is 62.6 Å². The predicted octanol–water partition coefficient (Wildman–Crippen LogP) is 3.13. The molecule has 1 amide bonds. The Kier molecular flexibility index (Phi) is 10.0. The highest BCUT2D eigenvalue weighted by atomic mass is 19.1. The fraction of sp³-hybridized carbons (Fsp3) is 0.576. The van der Waals surface area contributed by atoms with Crippen molar-refractivity contribution >= 4 is 17.4 Å². The third kappa shape index (κ3) is 7.13. The van der Waals surface area contributed by atoms with Gasteiger partial charge in [-0.05, 0) is 65.0 Å². The van der Waals surface area contributed by atoms with Crippen LogP contribution in [-0.4, -0.2) is 116 Å². The first-order valence-electron chi connectivity index (χ1n) is 15.6. The first kappa shape index (κ1) is 31.7. The average molecular weight is 605 g/mol. The van der Waals surface area contributed by atoms with E-state index in [4.69, 9.17) is 14.7 Å². The number of likely N-dealkylation sites (tertiary alicyclic amines) is 1. The van der Waals surface area contributed by atoms with E-state index in [9.17, 15) is 14.4 Å². The number of aromatic nitrogens is 2. The van der Waals surface area contributed by atoms with Crippen LogP contribution in [0.5, 0.6) is 6.01 Å². The van der Waals surface area contributed by atoms with Crippen molar-refractivity contribution in [3.05, 3.63) is 52.7 Å². The Balaban J connectivity index is 1.42. The largest absolute Gasteiger partial charge is 0.462 e. The Morgan fingerprint density at radius 2 is 1.98 bits per heavy atom. The molecule has 0 unspecified atom stereocenters. The molecule has 0 radical (unpaired) electrons. The van der Waals surface area contributed by atoms with E-state index >= 15 is 0 Å². The van der Waals surface area contributed by atoms with E-state index in [0.29, 0.717) is 58.3 Å². The molecule has 0 aliphatic carbocycles. The summed E-state index contributed by atoms with van der Waals surface area (Å²) < 4.78 is 20.2. The first-order valence-corrected chi connectivity index (χ1v) is 15.6. The average Bonchev–Trinajstić information content (AvgIpc) is 3.32. The zero-order valence-electron chi connectivity index (χ0n) is 26.7. The van der Waals surface area contributed by atoms with Gasteiger partial charge >= 0.3 is 6.01 Å². The molecule has 236 valence electrons. The van der Waals surface area contributed by atoms with Crippen LogP contribution in [0.1, 0.15) is 35.2 Å². The molecule has 3 aliphatic heterocycles. The fourth-order valence-electron chi connectivity index (χ4n) is 6.45. The summed E-state index contributed by atoms with van der Waals surface area (Å²) in [5, 5.41) is 9.64. The van der Waals surface area contributed by atoms with Gasteiger partial charge in [-0.15, -0.1) is 0 Å². The molecule has 4 heterocycles. The van der Waals surface area contributed by atoms with Gasteiger partial charge in [-0.25, -0.2) is 4.39 Å². The van der Waals surface area contributed by atoms with Crippen LogP contribution in [0, 0.1) is 25.2 Å². The van der Waals surface area contributed by atoms with E-state index < -0.39 is 6.17 Å². The van der Waals surface area contributed by atoms with Gasteiger partial charge in [-0.1, -0.05) is 18.2 Å². The van der Waals surface area contributed by atoms with Crippen LogP contribution in [-0.2, 0) is 17.8 Å².